The molecule has 0 unspecified atom stereocenters. The molecule has 160 valence electrons. The Morgan fingerprint density at radius 1 is 1.28 bits per heavy atom. The van der Waals surface area contributed by atoms with E-state index in [1.807, 2.05) is 0 Å². The lowest BCUT2D eigenvalue weighted by atomic mass is 10.1. The standard InChI is InChI=1S/C18H14N10O4/c1-10(12-5-3-7-20-9-12)21-23-18(29)14-15(11-4-2-6-13(8-11)28(30)31)27(26-22-14)17-16(19)24-32-25-17/h2-9H,1H3,(H2,19,24)(H,23,29). The van der Waals surface area contributed by atoms with Gasteiger partial charge in [0.2, 0.25) is 11.6 Å². The van der Waals surface area contributed by atoms with Crippen LogP contribution in [0.1, 0.15) is 23.0 Å². The van der Waals surface area contributed by atoms with Crippen LogP contribution in [0.25, 0.3) is 17.1 Å². The Balaban J connectivity index is 1.77. The largest absolute Gasteiger partial charge is 0.378 e. The van der Waals surface area contributed by atoms with Crippen LogP contribution in [-0.2, 0) is 0 Å². The highest BCUT2D eigenvalue weighted by Crippen LogP contribution is 2.29. The number of amides is 1. The van der Waals surface area contributed by atoms with Crippen molar-refractivity contribution in [2.45, 2.75) is 6.92 Å². The van der Waals surface area contributed by atoms with Crippen molar-refractivity contribution in [1.82, 2.24) is 35.7 Å². The Morgan fingerprint density at radius 2 is 2.12 bits per heavy atom. The number of nitro groups is 1. The van der Waals surface area contributed by atoms with E-state index in [9.17, 15) is 14.9 Å². The number of hydrazone groups is 1. The summed E-state index contributed by atoms with van der Waals surface area (Å²) in [4.78, 5) is 27.6. The Morgan fingerprint density at radius 3 is 2.81 bits per heavy atom. The lowest BCUT2D eigenvalue weighted by molar-refractivity contribution is -0.384. The van der Waals surface area contributed by atoms with E-state index in [1.165, 1.54) is 18.2 Å². The fourth-order valence-corrected chi connectivity index (χ4v) is 2.78. The molecular formula is C18H14N10O4. The van der Waals surface area contributed by atoms with Crippen LogP contribution < -0.4 is 11.2 Å². The van der Waals surface area contributed by atoms with Gasteiger partial charge in [-0.05, 0) is 23.3 Å². The van der Waals surface area contributed by atoms with Crippen molar-refractivity contribution in [3.8, 4) is 17.1 Å². The Hall–Kier alpha value is -5.01. The molecule has 4 rings (SSSR count). The third-order valence-electron chi connectivity index (χ3n) is 4.32. The number of nitro benzene ring substituents is 1. The summed E-state index contributed by atoms with van der Waals surface area (Å²) in [5.41, 5.74) is 9.35. The monoisotopic (exact) mass is 434 g/mol. The number of rotatable bonds is 6. The van der Waals surface area contributed by atoms with Gasteiger partial charge in [-0.15, -0.1) is 5.10 Å². The molecule has 3 heterocycles. The number of benzene rings is 1. The van der Waals surface area contributed by atoms with Crippen LogP contribution in [0, 0.1) is 10.1 Å². The predicted molar refractivity (Wildman–Crippen MR) is 110 cm³/mol. The molecule has 0 fully saturated rings. The highest BCUT2D eigenvalue weighted by Gasteiger charge is 2.26. The maximum Gasteiger partial charge on any atom is 0.294 e. The van der Waals surface area contributed by atoms with Gasteiger partial charge in [-0.3, -0.25) is 19.9 Å². The fourth-order valence-electron chi connectivity index (χ4n) is 2.78. The zero-order valence-corrected chi connectivity index (χ0v) is 16.4. The molecule has 0 spiro atoms. The van der Waals surface area contributed by atoms with Crippen LogP contribution in [0.15, 0.2) is 58.5 Å². The quantitative estimate of drug-likeness (QED) is 0.254. The van der Waals surface area contributed by atoms with E-state index in [0.717, 1.165) is 4.68 Å². The van der Waals surface area contributed by atoms with Crippen LogP contribution in [0.3, 0.4) is 0 Å². The number of hydrogen-bond acceptors (Lipinski definition) is 11. The van der Waals surface area contributed by atoms with Crippen LogP contribution in [-0.4, -0.2) is 46.8 Å². The summed E-state index contributed by atoms with van der Waals surface area (Å²) in [6.45, 7) is 1.69. The number of non-ortho nitro benzene ring substituents is 1. The normalized spacial score (nSPS) is 11.3. The van der Waals surface area contributed by atoms with Crippen molar-refractivity contribution in [3.05, 3.63) is 70.2 Å². The van der Waals surface area contributed by atoms with Crippen LogP contribution in [0.4, 0.5) is 11.5 Å². The molecule has 3 aromatic heterocycles. The molecule has 14 heteroatoms. The fraction of sp³-hybridized carbons (Fsp3) is 0.0556. The van der Waals surface area contributed by atoms with E-state index in [2.05, 4.69) is 40.8 Å². The van der Waals surface area contributed by atoms with Gasteiger partial charge >= 0.3 is 0 Å². The second-order valence-corrected chi connectivity index (χ2v) is 6.36. The number of pyridine rings is 1. The van der Waals surface area contributed by atoms with Crippen molar-refractivity contribution in [1.29, 1.82) is 0 Å². The van der Waals surface area contributed by atoms with Crippen molar-refractivity contribution in [2.24, 2.45) is 5.10 Å². The molecule has 14 nitrogen and oxygen atoms in total. The first-order chi connectivity index (χ1) is 15.5. The summed E-state index contributed by atoms with van der Waals surface area (Å²) < 4.78 is 5.71. The zero-order valence-electron chi connectivity index (χ0n) is 16.4. The molecule has 0 aliphatic heterocycles. The highest BCUT2D eigenvalue weighted by molar-refractivity contribution is 6.02. The average Bonchev–Trinajstić information content (AvgIpc) is 3.43. The van der Waals surface area contributed by atoms with E-state index in [-0.39, 0.29) is 34.3 Å². The number of nitrogen functional groups attached to an aromatic ring is 1. The molecular weight excluding hydrogens is 420 g/mol. The summed E-state index contributed by atoms with van der Waals surface area (Å²) >= 11 is 0. The van der Waals surface area contributed by atoms with Gasteiger partial charge in [-0.25, -0.2) is 10.1 Å². The Bertz CT molecular complexity index is 1330. The molecule has 32 heavy (non-hydrogen) atoms. The van der Waals surface area contributed by atoms with Crippen molar-refractivity contribution >= 4 is 23.1 Å². The summed E-state index contributed by atoms with van der Waals surface area (Å²) in [5.74, 6) is -0.858. The van der Waals surface area contributed by atoms with E-state index >= 15 is 0 Å². The lowest BCUT2D eigenvalue weighted by Gasteiger charge is -2.06. The summed E-state index contributed by atoms with van der Waals surface area (Å²) in [5, 5.41) is 30.3. The highest BCUT2D eigenvalue weighted by atomic mass is 16.6. The maximum atomic E-state index is 12.9. The minimum atomic E-state index is -0.712. The van der Waals surface area contributed by atoms with E-state index < -0.39 is 10.8 Å². The number of carbonyl (C=O) groups is 1. The second kappa shape index (κ2) is 8.39. The SMILES string of the molecule is CC(=NNC(=O)c1nnn(-c2nonc2N)c1-c1cccc([N+](=O)[O-])c1)c1cccnc1. The minimum Gasteiger partial charge on any atom is -0.378 e. The summed E-state index contributed by atoms with van der Waals surface area (Å²) in [6.07, 6.45) is 3.21. The van der Waals surface area contributed by atoms with Gasteiger partial charge in [0.25, 0.3) is 11.6 Å². The third-order valence-corrected chi connectivity index (χ3v) is 4.32. The van der Waals surface area contributed by atoms with Gasteiger partial charge in [0.15, 0.2) is 5.69 Å². The first-order valence-electron chi connectivity index (χ1n) is 8.99. The van der Waals surface area contributed by atoms with Crippen molar-refractivity contribution in [3.63, 3.8) is 0 Å². The van der Waals surface area contributed by atoms with E-state index in [0.29, 0.717) is 11.3 Å². The molecule has 0 saturated heterocycles. The molecule has 1 aromatic carbocycles. The molecule has 0 aliphatic rings. The molecule has 0 saturated carbocycles. The molecule has 0 bridgehead atoms. The van der Waals surface area contributed by atoms with Crippen molar-refractivity contribution < 1.29 is 14.3 Å². The molecule has 1 amide bonds. The van der Waals surface area contributed by atoms with Crippen LogP contribution >= 0.6 is 0 Å². The van der Waals surface area contributed by atoms with Gasteiger partial charge < -0.3 is 5.73 Å². The predicted octanol–water partition coefficient (Wildman–Crippen LogP) is 1.36. The second-order valence-electron chi connectivity index (χ2n) is 6.36. The molecule has 0 aliphatic carbocycles. The van der Waals surface area contributed by atoms with Crippen molar-refractivity contribution in [2.75, 3.05) is 5.73 Å². The first kappa shape index (κ1) is 20.3. The van der Waals surface area contributed by atoms with Crippen LogP contribution in [0.5, 0.6) is 0 Å². The average molecular weight is 434 g/mol. The first-order valence-corrected chi connectivity index (χ1v) is 8.99. The Labute approximate surface area is 178 Å². The van der Waals surface area contributed by atoms with Gasteiger partial charge in [0.05, 0.1) is 10.6 Å². The van der Waals surface area contributed by atoms with Gasteiger partial charge in [0, 0.05) is 35.7 Å². The van der Waals surface area contributed by atoms with E-state index in [4.69, 9.17) is 5.73 Å². The molecule has 0 atom stereocenters. The maximum absolute atomic E-state index is 12.9. The molecule has 0 radical (unpaired) electrons. The molecule has 3 N–H and O–H groups in total. The van der Waals surface area contributed by atoms with E-state index in [1.54, 1.807) is 37.5 Å². The number of hydrogen-bond donors (Lipinski definition) is 2. The van der Waals surface area contributed by atoms with Gasteiger partial charge in [-0.1, -0.05) is 23.4 Å². The Kier molecular flexibility index (Phi) is 5.31. The minimum absolute atomic E-state index is 0.0342. The third kappa shape index (κ3) is 3.87. The number of anilines is 1. The van der Waals surface area contributed by atoms with Crippen LogP contribution in [0.2, 0.25) is 0 Å². The molecule has 4 aromatic rings. The topological polar surface area (TPSA) is 193 Å². The number of aromatic nitrogens is 6. The summed E-state index contributed by atoms with van der Waals surface area (Å²) in [6, 6.07) is 9.10. The number of carbonyl (C=O) groups excluding carboxylic acids is 1. The lowest BCUT2D eigenvalue weighted by Crippen LogP contribution is -2.21. The smallest absolute Gasteiger partial charge is 0.294 e. The van der Waals surface area contributed by atoms with Gasteiger partial charge in [-0.2, -0.15) is 9.78 Å². The number of nitrogens with two attached hydrogens (primary N) is 1. The summed E-state index contributed by atoms with van der Waals surface area (Å²) in [7, 11) is 0. The number of nitrogens with zero attached hydrogens (tertiary/aromatic N) is 8. The van der Waals surface area contributed by atoms with Gasteiger partial charge in [0.1, 0.15) is 5.69 Å². The zero-order chi connectivity index (χ0) is 22.7. The number of nitrogens with one attached hydrogen (secondary N) is 1.